The van der Waals surface area contributed by atoms with E-state index in [4.69, 9.17) is 10.5 Å². The van der Waals surface area contributed by atoms with Crippen LogP contribution in [-0.2, 0) is 12.5 Å². The maximum Gasteiger partial charge on any atom is 0.325 e. The average Bonchev–Trinajstić information content (AvgIpc) is 2.99. The molecule has 6 nitrogen and oxygen atoms in total. The van der Waals surface area contributed by atoms with Crippen molar-refractivity contribution >= 4 is 17.5 Å². The molecule has 140 valence electrons. The summed E-state index contributed by atoms with van der Waals surface area (Å²) in [5.74, 6) is 2.04. The molecule has 2 aromatic carbocycles. The van der Waals surface area contributed by atoms with Gasteiger partial charge in [-0.3, -0.25) is 4.68 Å². The molecule has 0 fully saturated rings. The van der Waals surface area contributed by atoms with Crippen LogP contribution < -0.4 is 15.4 Å². The van der Waals surface area contributed by atoms with Crippen molar-refractivity contribution in [2.24, 2.45) is 12.8 Å². The molecule has 1 aromatic heterocycles. The Morgan fingerprint density at radius 1 is 1.04 bits per heavy atom. The molecule has 0 aliphatic heterocycles. The number of ether oxygens (including phenoxy) is 1. The maximum atomic E-state index is 12.2. The third kappa shape index (κ3) is 4.11. The highest BCUT2D eigenvalue weighted by atomic mass is 16.5. The van der Waals surface area contributed by atoms with E-state index in [-0.39, 0.29) is 5.41 Å². The van der Waals surface area contributed by atoms with Crippen LogP contribution in [0.3, 0.4) is 0 Å². The van der Waals surface area contributed by atoms with Crippen molar-refractivity contribution in [3.8, 4) is 11.5 Å². The Morgan fingerprint density at radius 3 is 2.15 bits per heavy atom. The molecule has 3 aromatic rings. The van der Waals surface area contributed by atoms with Crippen LogP contribution >= 0.6 is 0 Å². The monoisotopic (exact) mass is 364 g/mol. The molecule has 6 heteroatoms. The normalized spacial score (nSPS) is 11.3. The highest BCUT2D eigenvalue weighted by Crippen LogP contribution is 2.31. The summed E-state index contributed by atoms with van der Waals surface area (Å²) in [7, 11) is 1.80. The zero-order chi connectivity index (χ0) is 19.6. The molecule has 0 radical (unpaired) electrons. The fourth-order valence-corrected chi connectivity index (χ4v) is 2.69. The zero-order valence-corrected chi connectivity index (χ0v) is 16.0. The molecule has 2 N–H and O–H groups in total. The number of nitrogens with two attached hydrogens (primary N) is 1. The third-order valence-corrected chi connectivity index (χ3v) is 4.15. The van der Waals surface area contributed by atoms with Crippen molar-refractivity contribution in [1.82, 2.24) is 9.78 Å². The Labute approximate surface area is 159 Å². The van der Waals surface area contributed by atoms with Crippen LogP contribution in [-0.4, -0.2) is 15.8 Å². The van der Waals surface area contributed by atoms with Crippen molar-refractivity contribution < 1.29 is 9.53 Å². The third-order valence-electron chi connectivity index (χ3n) is 4.15. The Morgan fingerprint density at radius 2 is 1.63 bits per heavy atom. The van der Waals surface area contributed by atoms with Gasteiger partial charge in [-0.25, -0.2) is 9.69 Å². The second kappa shape index (κ2) is 7.15. The standard InChI is InChI=1S/C21H24N4O2/c1-21(2,3)18-14-19(24(4)23-18)25(20(22)26)15-10-12-17(13-11-15)27-16-8-6-5-7-9-16/h5-14H,1-4H3,(H2,22,26). The smallest absolute Gasteiger partial charge is 0.325 e. The van der Waals surface area contributed by atoms with Crippen molar-refractivity contribution in [3.05, 3.63) is 66.4 Å². The predicted molar refractivity (Wildman–Crippen MR) is 107 cm³/mol. The zero-order valence-electron chi connectivity index (χ0n) is 16.0. The summed E-state index contributed by atoms with van der Waals surface area (Å²) in [5, 5.41) is 4.53. The summed E-state index contributed by atoms with van der Waals surface area (Å²) in [5.41, 5.74) is 7.06. The van der Waals surface area contributed by atoms with Gasteiger partial charge in [-0.1, -0.05) is 39.0 Å². The number of aryl methyl sites for hydroxylation is 1. The molecular weight excluding hydrogens is 340 g/mol. The van der Waals surface area contributed by atoms with Gasteiger partial charge >= 0.3 is 6.03 Å². The summed E-state index contributed by atoms with van der Waals surface area (Å²) >= 11 is 0. The Hall–Kier alpha value is -3.28. The van der Waals surface area contributed by atoms with Crippen LogP contribution in [0, 0.1) is 0 Å². The molecule has 0 unspecified atom stereocenters. The number of benzene rings is 2. The van der Waals surface area contributed by atoms with E-state index in [1.807, 2.05) is 36.4 Å². The first-order valence-electron chi connectivity index (χ1n) is 8.73. The lowest BCUT2D eigenvalue weighted by Crippen LogP contribution is -2.32. The minimum Gasteiger partial charge on any atom is -0.457 e. The Balaban J connectivity index is 1.90. The highest BCUT2D eigenvalue weighted by molar-refractivity contribution is 5.97. The number of para-hydroxylation sites is 1. The first kappa shape index (κ1) is 18.5. The molecule has 0 spiro atoms. The van der Waals surface area contributed by atoms with Crippen molar-refractivity contribution in [3.63, 3.8) is 0 Å². The molecule has 3 rings (SSSR count). The van der Waals surface area contributed by atoms with Gasteiger partial charge in [0.25, 0.3) is 0 Å². The summed E-state index contributed by atoms with van der Waals surface area (Å²) in [6.45, 7) is 6.22. The molecule has 0 aliphatic rings. The van der Waals surface area contributed by atoms with E-state index in [0.717, 1.165) is 11.4 Å². The molecule has 0 aliphatic carbocycles. The number of urea groups is 1. The first-order valence-corrected chi connectivity index (χ1v) is 8.73. The molecule has 0 saturated heterocycles. The predicted octanol–water partition coefficient (Wildman–Crippen LogP) is 4.73. The molecule has 0 atom stereocenters. The fourth-order valence-electron chi connectivity index (χ4n) is 2.69. The van der Waals surface area contributed by atoms with E-state index >= 15 is 0 Å². The van der Waals surface area contributed by atoms with Gasteiger partial charge in [-0.15, -0.1) is 0 Å². The number of aromatic nitrogens is 2. The average molecular weight is 364 g/mol. The van der Waals surface area contributed by atoms with Gasteiger partial charge in [0, 0.05) is 18.5 Å². The van der Waals surface area contributed by atoms with E-state index in [1.54, 1.807) is 36.0 Å². The lowest BCUT2D eigenvalue weighted by Gasteiger charge is -2.20. The first-order chi connectivity index (χ1) is 12.8. The quantitative estimate of drug-likeness (QED) is 0.727. The van der Waals surface area contributed by atoms with Crippen LogP contribution in [0.2, 0.25) is 0 Å². The summed E-state index contributed by atoms with van der Waals surface area (Å²) < 4.78 is 7.47. The molecule has 0 saturated carbocycles. The van der Waals surface area contributed by atoms with Gasteiger partial charge in [0.2, 0.25) is 0 Å². The number of carbonyl (C=O) groups is 1. The summed E-state index contributed by atoms with van der Waals surface area (Å²) in [4.78, 5) is 13.6. The Bertz CT molecular complexity index is 925. The minimum atomic E-state index is -0.574. The largest absolute Gasteiger partial charge is 0.457 e. The second-order valence-electron chi connectivity index (χ2n) is 7.34. The van der Waals surface area contributed by atoms with Gasteiger partial charge in [-0.05, 0) is 36.4 Å². The highest BCUT2D eigenvalue weighted by Gasteiger charge is 2.24. The Kier molecular flexibility index (Phi) is 4.90. The number of anilines is 2. The van der Waals surface area contributed by atoms with E-state index in [0.29, 0.717) is 17.3 Å². The van der Waals surface area contributed by atoms with Crippen LogP contribution in [0.4, 0.5) is 16.3 Å². The molecule has 27 heavy (non-hydrogen) atoms. The maximum absolute atomic E-state index is 12.2. The SMILES string of the molecule is Cn1nc(C(C)(C)C)cc1N(C(N)=O)c1ccc(Oc2ccccc2)cc1. The molecule has 2 amide bonds. The molecule has 0 bridgehead atoms. The van der Waals surface area contributed by atoms with E-state index in [1.165, 1.54) is 4.90 Å². The number of hydrogen-bond acceptors (Lipinski definition) is 3. The number of carbonyl (C=O) groups excluding carboxylic acids is 1. The van der Waals surface area contributed by atoms with Gasteiger partial charge in [-0.2, -0.15) is 5.10 Å². The number of nitrogens with zero attached hydrogens (tertiary/aromatic N) is 3. The fraction of sp³-hybridized carbons (Fsp3) is 0.238. The number of rotatable bonds is 4. The second-order valence-corrected chi connectivity index (χ2v) is 7.34. The van der Waals surface area contributed by atoms with Crippen LogP contribution in [0.1, 0.15) is 26.5 Å². The van der Waals surface area contributed by atoms with Crippen LogP contribution in [0.5, 0.6) is 11.5 Å². The van der Waals surface area contributed by atoms with E-state index in [2.05, 4.69) is 25.9 Å². The van der Waals surface area contributed by atoms with E-state index < -0.39 is 6.03 Å². The molecule has 1 heterocycles. The van der Waals surface area contributed by atoms with Crippen molar-refractivity contribution in [2.45, 2.75) is 26.2 Å². The summed E-state index contributed by atoms with van der Waals surface area (Å²) in [6, 6.07) is 18.0. The number of primary amides is 1. The summed E-state index contributed by atoms with van der Waals surface area (Å²) in [6.07, 6.45) is 0. The van der Waals surface area contributed by atoms with Gasteiger partial charge in [0.1, 0.15) is 17.3 Å². The lowest BCUT2D eigenvalue weighted by atomic mass is 9.92. The van der Waals surface area contributed by atoms with Crippen molar-refractivity contribution in [1.29, 1.82) is 0 Å². The number of hydrogen-bond donors (Lipinski definition) is 1. The van der Waals surface area contributed by atoms with E-state index in [9.17, 15) is 4.79 Å². The van der Waals surface area contributed by atoms with Crippen LogP contribution in [0.25, 0.3) is 0 Å². The minimum absolute atomic E-state index is 0.132. The lowest BCUT2D eigenvalue weighted by molar-refractivity contribution is 0.255. The number of amides is 2. The van der Waals surface area contributed by atoms with Crippen LogP contribution in [0.15, 0.2) is 60.7 Å². The van der Waals surface area contributed by atoms with Crippen molar-refractivity contribution in [2.75, 3.05) is 4.90 Å². The molecular formula is C21H24N4O2. The van der Waals surface area contributed by atoms with Gasteiger partial charge < -0.3 is 10.5 Å². The van der Waals surface area contributed by atoms with Gasteiger partial charge in [0.15, 0.2) is 0 Å². The topological polar surface area (TPSA) is 73.4 Å². The van der Waals surface area contributed by atoms with Gasteiger partial charge in [0.05, 0.1) is 11.4 Å².